The Morgan fingerprint density at radius 1 is 1.28 bits per heavy atom. The first-order chi connectivity index (χ1) is 8.45. The summed E-state index contributed by atoms with van der Waals surface area (Å²) in [5.41, 5.74) is 0. The molecule has 0 N–H and O–H groups in total. The Hall–Kier alpha value is -0.870. The second kappa shape index (κ2) is 10.1. The summed E-state index contributed by atoms with van der Waals surface area (Å²) in [6.07, 6.45) is 3.41. The summed E-state index contributed by atoms with van der Waals surface area (Å²) in [6.45, 7) is 10.5. The van der Waals surface area contributed by atoms with Crippen LogP contribution in [-0.2, 0) is 9.53 Å². The minimum Gasteiger partial charge on any atom is -0.463 e. The first kappa shape index (κ1) is 17.1. The van der Waals surface area contributed by atoms with Gasteiger partial charge in [-0.3, -0.25) is 4.90 Å². The number of nitrogens with zero attached hydrogens (tertiary/aromatic N) is 2. The molecule has 0 aliphatic carbocycles. The van der Waals surface area contributed by atoms with E-state index in [-0.39, 0.29) is 5.97 Å². The number of rotatable bonds is 9. The van der Waals surface area contributed by atoms with E-state index < -0.39 is 0 Å². The van der Waals surface area contributed by atoms with Crippen molar-refractivity contribution in [3.8, 4) is 0 Å². The zero-order valence-corrected chi connectivity index (χ0v) is 12.5. The summed E-state index contributed by atoms with van der Waals surface area (Å²) in [5.74, 6) is 0.373. The summed E-state index contributed by atoms with van der Waals surface area (Å²) in [6, 6.07) is 0. The molecular weight excluding hydrogens is 228 g/mol. The molecule has 0 saturated carbocycles. The quantitative estimate of drug-likeness (QED) is 0.464. The molecule has 0 unspecified atom stereocenters. The smallest absolute Gasteiger partial charge is 0.330 e. The second-order valence-electron chi connectivity index (χ2n) is 5.11. The third-order valence-corrected chi connectivity index (χ3v) is 2.39. The highest BCUT2D eigenvalue weighted by molar-refractivity contribution is 5.81. The number of esters is 1. The molecule has 0 radical (unpaired) electrons. The normalized spacial score (nSPS) is 12.0. The van der Waals surface area contributed by atoms with Gasteiger partial charge in [0.25, 0.3) is 0 Å². The van der Waals surface area contributed by atoms with Crippen molar-refractivity contribution in [3.05, 3.63) is 12.2 Å². The summed E-state index contributed by atoms with van der Waals surface area (Å²) in [4.78, 5) is 15.7. The van der Waals surface area contributed by atoms with Crippen LogP contribution >= 0.6 is 0 Å². The van der Waals surface area contributed by atoms with Crippen LogP contribution in [0.2, 0.25) is 0 Å². The SMILES string of the molecule is CCOC(=O)/C=C/CN(CCN(C)C)CC(C)C. The molecule has 0 aliphatic rings. The minimum absolute atomic E-state index is 0.255. The van der Waals surface area contributed by atoms with Gasteiger partial charge in [-0.1, -0.05) is 19.9 Å². The van der Waals surface area contributed by atoms with Crippen LogP contribution in [0.1, 0.15) is 20.8 Å². The van der Waals surface area contributed by atoms with Gasteiger partial charge < -0.3 is 9.64 Å². The van der Waals surface area contributed by atoms with Gasteiger partial charge in [0.2, 0.25) is 0 Å². The lowest BCUT2D eigenvalue weighted by molar-refractivity contribution is -0.137. The second-order valence-corrected chi connectivity index (χ2v) is 5.11. The monoisotopic (exact) mass is 256 g/mol. The topological polar surface area (TPSA) is 32.8 Å². The molecule has 0 aromatic heterocycles. The van der Waals surface area contributed by atoms with E-state index in [0.717, 1.165) is 26.2 Å². The standard InChI is InChI=1S/C14H28N2O2/c1-6-18-14(17)8-7-9-16(12-13(2)3)11-10-15(4)5/h7-8,13H,6,9-12H2,1-5H3/b8-7+. The Morgan fingerprint density at radius 2 is 1.94 bits per heavy atom. The minimum atomic E-state index is -0.255. The van der Waals surface area contributed by atoms with Crippen molar-refractivity contribution in [1.82, 2.24) is 9.80 Å². The molecule has 0 spiro atoms. The van der Waals surface area contributed by atoms with E-state index >= 15 is 0 Å². The van der Waals surface area contributed by atoms with Crippen molar-refractivity contribution in [1.29, 1.82) is 0 Å². The average molecular weight is 256 g/mol. The Bertz CT molecular complexity index is 250. The predicted octanol–water partition coefficient (Wildman–Crippen LogP) is 1.63. The zero-order valence-electron chi connectivity index (χ0n) is 12.5. The van der Waals surface area contributed by atoms with Gasteiger partial charge in [0, 0.05) is 32.3 Å². The maximum atomic E-state index is 11.2. The van der Waals surface area contributed by atoms with Crippen molar-refractivity contribution in [2.24, 2.45) is 5.92 Å². The molecule has 18 heavy (non-hydrogen) atoms. The van der Waals surface area contributed by atoms with Gasteiger partial charge in [-0.15, -0.1) is 0 Å². The fourth-order valence-corrected chi connectivity index (χ4v) is 1.60. The first-order valence-electron chi connectivity index (χ1n) is 6.66. The van der Waals surface area contributed by atoms with Gasteiger partial charge in [0.05, 0.1) is 6.61 Å². The van der Waals surface area contributed by atoms with Gasteiger partial charge in [0.1, 0.15) is 0 Å². The Kier molecular flexibility index (Phi) is 9.60. The molecule has 0 fully saturated rings. The third-order valence-electron chi connectivity index (χ3n) is 2.39. The van der Waals surface area contributed by atoms with E-state index in [1.807, 2.05) is 13.0 Å². The summed E-state index contributed by atoms with van der Waals surface area (Å²) < 4.78 is 4.85. The summed E-state index contributed by atoms with van der Waals surface area (Å²) in [5, 5.41) is 0. The maximum Gasteiger partial charge on any atom is 0.330 e. The number of hydrogen-bond donors (Lipinski definition) is 0. The van der Waals surface area contributed by atoms with Crippen LogP contribution in [0.4, 0.5) is 0 Å². The van der Waals surface area contributed by atoms with Gasteiger partial charge in [-0.2, -0.15) is 0 Å². The number of carbonyl (C=O) groups excluding carboxylic acids is 1. The third kappa shape index (κ3) is 10.3. The van der Waals surface area contributed by atoms with Crippen molar-refractivity contribution in [2.45, 2.75) is 20.8 Å². The fourth-order valence-electron chi connectivity index (χ4n) is 1.60. The molecule has 0 aromatic carbocycles. The summed E-state index contributed by atoms with van der Waals surface area (Å²) >= 11 is 0. The van der Waals surface area contributed by atoms with Gasteiger partial charge in [-0.25, -0.2) is 4.79 Å². The highest BCUT2D eigenvalue weighted by Gasteiger charge is 2.06. The highest BCUT2D eigenvalue weighted by atomic mass is 16.5. The fraction of sp³-hybridized carbons (Fsp3) is 0.786. The van der Waals surface area contributed by atoms with Crippen molar-refractivity contribution in [3.63, 3.8) is 0 Å². The number of carbonyl (C=O) groups is 1. The van der Waals surface area contributed by atoms with Crippen molar-refractivity contribution in [2.75, 3.05) is 46.9 Å². The van der Waals surface area contributed by atoms with Crippen LogP contribution in [0, 0.1) is 5.92 Å². The van der Waals surface area contributed by atoms with E-state index in [1.54, 1.807) is 0 Å². The Morgan fingerprint density at radius 3 is 2.44 bits per heavy atom. The summed E-state index contributed by atoms with van der Waals surface area (Å²) in [7, 11) is 4.14. The number of ether oxygens (including phenoxy) is 1. The zero-order chi connectivity index (χ0) is 14.0. The number of likely N-dealkylation sites (N-methyl/N-ethyl adjacent to an activating group) is 1. The molecule has 0 aliphatic heterocycles. The molecule has 0 rings (SSSR count). The Balaban J connectivity index is 4.10. The lowest BCUT2D eigenvalue weighted by atomic mass is 10.2. The largest absolute Gasteiger partial charge is 0.463 e. The van der Waals surface area contributed by atoms with Gasteiger partial charge in [-0.05, 0) is 26.9 Å². The lowest BCUT2D eigenvalue weighted by Gasteiger charge is -2.24. The van der Waals surface area contributed by atoms with Crippen molar-refractivity contribution >= 4 is 5.97 Å². The van der Waals surface area contributed by atoms with Crippen LogP contribution in [0.15, 0.2) is 12.2 Å². The molecule has 0 saturated heterocycles. The number of hydrogen-bond acceptors (Lipinski definition) is 4. The average Bonchev–Trinajstić information content (AvgIpc) is 2.25. The van der Waals surface area contributed by atoms with E-state index in [9.17, 15) is 4.79 Å². The first-order valence-corrected chi connectivity index (χ1v) is 6.66. The van der Waals surface area contributed by atoms with Crippen LogP contribution in [-0.4, -0.2) is 62.7 Å². The van der Waals surface area contributed by atoms with Crippen LogP contribution < -0.4 is 0 Å². The molecule has 106 valence electrons. The molecule has 0 aromatic rings. The van der Waals surface area contributed by atoms with E-state index in [2.05, 4.69) is 37.7 Å². The van der Waals surface area contributed by atoms with Crippen LogP contribution in [0.25, 0.3) is 0 Å². The van der Waals surface area contributed by atoms with Gasteiger partial charge >= 0.3 is 5.97 Å². The highest BCUT2D eigenvalue weighted by Crippen LogP contribution is 1.99. The van der Waals surface area contributed by atoms with Gasteiger partial charge in [0.15, 0.2) is 0 Å². The molecule has 0 amide bonds. The molecule has 4 heteroatoms. The molecule has 0 bridgehead atoms. The van der Waals surface area contributed by atoms with E-state index in [4.69, 9.17) is 4.74 Å². The Labute approximate surface area is 112 Å². The van der Waals surface area contributed by atoms with Crippen LogP contribution in [0.3, 0.4) is 0 Å². The predicted molar refractivity (Wildman–Crippen MR) is 75.6 cm³/mol. The van der Waals surface area contributed by atoms with E-state index in [1.165, 1.54) is 6.08 Å². The molecule has 4 nitrogen and oxygen atoms in total. The maximum absolute atomic E-state index is 11.2. The molecule has 0 atom stereocenters. The lowest BCUT2D eigenvalue weighted by Crippen LogP contribution is -2.34. The molecular formula is C14H28N2O2. The van der Waals surface area contributed by atoms with Crippen molar-refractivity contribution < 1.29 is 9.53 Å². The van der Waals surface area contributed by atoms with Crippen LogP contribution in [0.5, 0.6) is 0 Å². The molecule has 0 heterocycles. The van der Waals surface area contributed by atoms with E-state index in [0.29, 0.717) is 12.5 Å².